The molecular formula is C10H22N2O2. The highest BCUT2D eigenvalue weighted by Crippen LogP contribution is 1.96. The average molecular weight is 202 g/mol. The molecule has 0 aromatic carbocycles. The van der Waals surface area contributed by atoms with Crippen molar-refractivity contribution in [2.45, 2.75) is 45.3 Å². The van der Waals surface area contributed by atoms with E-state index in [1.54, 1.807) is 7.05 Å². The van der Waals surface area contributed by atoms with Crippen LogP contribution >= 0.6 is 0 Å². The third-order valence-electron chi connectivity index (χ3n) is 2.21. The highest BCUT2D eigenvalue weighted by Gasteiger charge is 2.07. The first-order valence-electron chi connectivity index (χ1n) is 5.22. The number of aliphatic hydroxyl groups excluding tert-OH is 1. The Morgan fingerprint density at radius 2 is 2.14 bits per heavy atom. The number of carbonyl (C=O) groups is 1. The summed E-state index contributed by atoms with van der Waals surface area (Å²) in [6, 6.07) is 0.166. The SMILES string of the molecule is CCC(O)CCNC(C)CC(=O)NC. The first-order valence-corrected chi connectivity index (χ1v) is 5.22. The lowest BCUT2D eigenvalue weighted by molar-refractivity contribution is -0.121. The number of rotatable bonds is 7. The molecule has 14 heavy (non-hydrogen) atoms. The number of amides is 1. The minimum Gasteiger partial charge on any atom is -0.393 e. The maximum atomic E-state index is 11.0. The zero-order valence-corrected chi connectivity index (χ0v) is 9.34. The molecule has 2 atom stereocenters. The molecule has 0 rings (SSSR count). The molecule has 0 fully saturated rings. The Labute approximate surface area is 86.1 Å². The molecule has 0 aromatic heterocycles. The van der Waals surface area contributed by atoms with Gasteiger partial charge in [0.05, 0.1) is 6.10 Å². The molecule has 1 amide bonds. The van der Waals surface area contributed by atoms with Crippen molar-refractivity contribution in [3.8, 4) is 0 Å². The van der Waals surface area contributed by atoms with Gasteiger partial charge in [-0.25, -0.2) is 0 Å². The molecule has 4 nitrogen and oxygen atoms in total. The van der Waals surface area contributed by atoms with Gasteiger partial charge >= 0.3 is 0 Å². The summed E-state index contributed by atoms with van der Waals surface area (Å²) in [6.07, 6.45) is 1.79. The predicted molar refractivity (Wildman–Crippen MR) is 57.1 cm³/mol. The minimum atomic E-state index is -0.227. The first kappa shape index (κ1) is 13.4. The molecule has 0 radical (unpaired) electrons. The number of hydrogen-bond acceptors (Lipinski definition) is 3. The maximum Gasteiger partial charge on any atom is 0.221 e. The van der Waals surface area contributed by atoms with E-state index >= 15 is 0 Å². The van der Waals surface area contributed by atoms with Crippen LogP contribution in [0.15, 0.2) is 0 Å². The lowest BCUT2D eigenvalue weighted by atomic mass is 10.2. The number of nitrogens with one attached hydrogen (secondary N) is 2. The van der Waals surface area contributed by atoms with E-state index in [9.17, 15) is 9.90 Å². The summed E-state index contributed by atoms with van der Waals surface area (Å²) in [7, 11) is 1.63. The molecule has 0 aliphatic carbocycles. The molecule has 0 bridgehead atoms. The van der Waals surface area contributed by atoms with Crippen molar-refractivity contribution in [3.63, 3.8) is 0 Å². The molecule has 0 heterocycles. The van der Waals surface area contributed by atoms with E-state index in [1.807, 2.05) is 13.8 Å². The lowest BCUT2D eigenvalue weighted by Gasteiger charge is -2.14. The van der Waals surface area contributed by atoms with Gasteiger partial charge in [-0.05, 0) is 26.3 Å². The van der Waals surface area contributed by atoms with Crippen molar-refractivity contribution in [1.29, 1.82) is 0 Å². The van der Waals surface area contributed by atoms with Gasteiger partial charge in [0, 0.05) is 19.5 Å². The first-order chi connectivity index (χ1) is 6.60. The second kappa shape index (κ2) is 7.76. The van der Waals surface area contributed by atoms with Crippen LogP contribution in [0.4, 0.5) is 0 Å². The molecule has 2 unspecified atom stereocenters. The quantitative estimate of drug-likeness (QED) is 0.555. The van der Waals surface area contributed by atoms with Crippen LogP contribution in [0.5, 0.6) is 0 Å². The topological polar surface area (TPSA) is 61.4 Å². The molecule has 4 heteroatoms. The Morgan fingerprint density at radius 3 is 2.64 bits per heavy atom. The molecule has 84 valence electrons. The highest BCUT2D eigenvalue weighted by atomic mass is 16.3. The van der Waals surface area contributed by atoms with E-state index in [1.165, 1.54) is 0 Å². The van der Waals surface area contributed by atoms with Crippen LogP contribution in [0.3, 0.4) is 0 Å². The Kier molecular flexibility index (Phi) is 7.42. The van der Waals surface area contributed by atoms with E-state index in [-0.39, 0.29) is 18.1 Å². The Morgan fingerprint density at radius 1 is 1.50 bits per heavy atom. The third kappa shape index (κ3) is 6.86. The molecule has 0 aliphatic heterocycles. The average Bonchev–Trinajstić information content (AvgIpc) is 2.17. The van der Waals surface area contributed by atoms with E-state index < -0.39 is 0 Å². The third-order valence-corrected chi connectivity index (χ3v) is 2.21. The molecule has 3 N–H and O–H groups in total. The van der Waals surface area contributed by atoms with Gasteiger partial charge in [-0.1, -0.05) is 6.92 Å². The second-order valence-corrected chi connectivity index (χ2v) is 3.58. The van der Waals surface area contributed by atoms with Gasteiger partial charge in [0.15, 0.2) is 0 Å². The van der Waals surface area contributed by atoms with Gasteiger partial charge in [0.25, 0.3) is 0 Å². The van der Waals surface area contributed by atoms with E-state index in [4.69, 9.17) is 0 Å². The zero-order valence-electron chi connectivity index (χ0n) is 9.34. The van der Waals surface area contributed by atoms with Crippen molar-refractivity contribution in [1.82, 2.24) is 10.6 Å². The van der Waals surface area contributed by atoms with Crippen LogP contribution in [-0.2, 0) is 4.79 Å². The summed E-state index contributed by atoms with van der Waals surface area (Å²) in [6.45, 7) is 4.68. The monoisotopic (exact) mass is 202 g/mol. The molecular weight excluding hydrogens is 180 g/mol. The van der Waals surface area contributed by atoms with Gasteiger partial charge < -0.3 is 15.7 Å². The summed E-state index contributed by atoms with van der Waals surface area (Å²) in [4.78, 5) is 11.0. The molecule has 0 saturated carbocycles. The summed E-state index contributed by atoms with van der Waals surface area (Å²) < 4.78 is 0. The zero-order chi connectivity index (χ0) is 11.0. The van der Waals surface area contributed by atoms with Gasteiger partial charge in [0.2, 0.25) is 5.91 Å². The molecule has 0 aliphatic rings. The van der Waals surface area contributed by atoms with E-state index in [0.717, 1.165) is 19.4 Å². The Hall–Kier alpha value is -0.610. The van der Waals surface area contributed by atoms with Crippen molar-refractivity contribution < 1.29 is 9.90 Å². The van der Waals surface area contributed by atoms with Crippen molar-refractivity contribution in [3.05, 3.63) is 0 Å². The van der Waals surface area contributed by atoms with Gasteiger partial charge in [-0.15, -0.1) is 0 Å². The fourth-order valence-corrected chi connectivity index (χ4v) is 1.15. The van der Waals surface area contributed by atoms with Gasteiger partial charge in [-0.3, -0.25) is 4.79 Å². The maximum absolute atomic E-state index is 11.0. The summed E-state index contributed by atoms with van der Waals surface area (Å²) in [5, 5.41) is 15.0. The number of hydrogen-bond donors (Lipinski definition) is 3. The number of aliphatic hydroxyl groups is 1. The minimum absolute atomic E-state index is 0.0426. The van der Waals surface area contributed by atoms with Crippen LogP contribution in [0.2, 0.25) is 0 Å². The van der Waals surface area contributed by atoms with Crippen LogP contribution in [0.25, 0.3) is 0 Å². The van der Waals surface area contributed by atoms with Crippen molar-refractivity contribution in [2.24, 2.45) is 0 Å². The molecule has 0 aromatic rings. The van der Waals surface area contributed by atoms with Crippen molar-refractivity contribution >= 4 is 5.91 Å². The highest BCUT2D eigenvalue weighted by molar-refractivity contribution is 5.76. The Bertz CT molecular complexity index is 162. The van der Waals surface area contributed by atoms with Gasteiger partial charge in [-0.2, -0.15) is 0 Å². The van der Waals surface area contributed by atoms with E-state index in [0.29, 0.717) is 6.42 Å². The molecule has 0 saturated heterocycles. The number of carbonyl (C=O) groups excluding carboxylic acids is 1. The standard InChI is InChI=1S/C10H22N2O2/c1-4-9(13)5-6-12-8(2)7-10(14)11-3/h8-9,12-13H,4-7H2,1-3H3,(H,11,14). The fraction of sp³-hybridized carbons (Fsp3) is 0.900. The van der Waals surface area contributed by atoms with Crippen LogP contribution in [-0.4, -0.2) is 36.8 Å². The second-order valence-electron chi connectivity index (χ2n) is 3.58. The normalized spacial score (nSPS) is 14.9. The summed E-state index contributed by atoms with van der Waals surface area (Å²) in [5.41, 5.74) is 0. The Balaban J connectivity index is 3.44. The summed E-state index contributed by atoms with van der Waals surface area (Å²) in [5.74, 6) is 0.0426. The van der Waals surface area contributed by atoms with Crippen LogP contribution in [0, 0.1) is 0 Å². The lowest BCUT2D eigenvalue weighted by Crippen LogP contribution is -2.33. The van der Waals surface area contributed by atoms with Crippen LogP contribution < -0.4 is 10.6 Å². The van der Waals surface area contributed by atoms with Gasteiger partial charge in [0.1, 0.15) is 0 Å². The molecule has 0 spiro atoms. The van der Waals surface area contributed by atoms with Crippen LogP contribution in [0.1, 0.15) is 33.1 Å². The summed E-state index contributed by atoms with van der Waals surface area (Å²) >= 11 is 0. The predicted octanol–water partition coefficient (Wildman–Crippen LogP) is 0.262. The largest absolute Gasteiger partial charge is 0.393 e. The van der Waals surface area contributed by atoms with Crippen molar-refractivity contribution in [2.75, 3.05) is 13.6 Å². The fourth-order valence-electron chi connectivity index (χ4n) is 1.15. The van der Waals surface area contributed by atoms with E-state index in [2.05, 4.69) is 10.6 Å². The smallest absolute Gasteiger partial charge is 0.221 e.